The van der Waals surface area contributed by atoms with Crippen LogP contribution in [0.5, 0.6) is 0 Å². The van der Waals surface area contributed by atoms with Gasteiger partial charge in [0.15, 0.2) is 0 Å². The Bertz CT molecular complexity index is 251. The van der Waals surface area contributed by atoms with Crippen LogP contribution >= 0.6 is 0 Å². The predicted molar refractivity (Wildman–Crippen MR) is 95.9 cm³/mol. The molecule has 0 radical (unpaired) electrons. The Balaban J connectivity index is 4.49. The number of nitrogens with zero attached hydrogens (tertiary/aromatic N) is 2. The highest BCUT2D eigenvalue weighted by Crippen LogP contribution is 2.22. The summed E-state index contributed by atoms with van der Waals surface area (Å²) in [6.45, 7) is 20.9. The smallest absolute Gasteiger partial charge is 0.0109 e. The molecule has 0 rings (SSSR count). The molecule has 0 aromatic rings. The number of hydrogen-bond donors (Lipinski definition) is 1. The van der Waals surface area contributed by atoms with Crippen LogP contribution in [0.3, 0.4) is 0 Å². The van der Waals surface area contributed by atoms with Gasteiger partial charge in [-0.15, -0.1) is 0 Å². The van der Waals surface area contributed by atoms with E-state index in [0.29, 0.717) is 5.41 Å². The third kappa shape index (κ3) is 11.1. The van der Waals surface area contributed by atoms with Crippen molar-refractivity contribution in [1.82, 2.24) is 15.1 Å². The Morgan fingerprint density at radius 1 is 1.00 bits per heavy atom. The van der Waals surface area contributed by atoms with E-state index in [0.717, 1.165) is 31.5 Å². The molecule has 1 unspecified atom stereocenters. The zero-order chi connectivity index (χ0) is 16.5. The summed E-state index contributed by atoms with van der Waals surface area (Å²) in [5, 5.41) is 3.66. The summed E-state index contributed by atoms with van der Waals surface area (Å²) < 4.78 is 0. The molecule has 0 saturated carbocycles. The zero-order valence-corrected chi connectivity index (χ0v) is 16.0. The van der Waals surface area contributed by atoms with Gasteiger partial charge in [0.05, 0.1) is 0 Å². The largest absolute Gasteiger partial charge is 0.316 e. The van der Waals surface area contributed by atoms with Crippen molar-refractivity contribution in [3.8, 4) is 0 Å². The quantitative estimate of drug-likeness (QED) is 0.597. The molecule has 0 bridgehead atoms. The van der Waals surface area contributed by atoms with Crippen LogP contribution in [-0.4, -0.2) is 63.2 Å². The average molecular weight is 300 g/mol. The summed E-state index contributed by atoms with van der Waals surface area (Å²) in [5.74, 6) is 1.46. The van der Waals surface area contributed by atoms with Crippen LogP contribution in [0.25, 0.3) is 0 Å². The highest BCUT2D eigenvalue weighted by molar-refractivity contribution is 4.80. The first-order chi connectivity index (χ1) is 9.68. The normalized spacial score (nSPS) is 15.4. The van der Waals surface area contributed by atoms with Gasteiger partial charge >= 0.3 is 0 Å². The van der Waals surface area contributed by atoms with E-state index >= 15 is 0 Å². The minimum absolute atomic E-state index is 0.371. The maximum atomic E-state index is 3.66. The minimum atomic E-state index is 0.371. The summed E-state index contributed by atoms with van der Waals surface area (Å²) in [7, 11) is 4.33. The summed E-state index contributed by atoms with van der Waals surface area (Å²) in [6, 6.07) is 0. The molecular weight excluding hydrogens is 258 g/mol. The van der Waals surface area contributed by atoms with Gasteiger partial charge in [0.2, 0.25) is 0 Å². The molecular formula is C18H41N3. The molecule has 1 atom stereocenters. The van der Waals surface area contributed by atoms with Crippen molar-refractivity contribution in [2.75, 3.05) is 53.4 Å². The van der Waals surface area contributed by atoms with Crippen LogP contribution in [-0.2, 0) is 0 Å². The number of hydrogen-bond acceptors (Lipinski definition) is 3. The standard InChI is InChI=1S/C18H41N3/c1-9-18(6,14-19-12-16(2)3)15-21(13-17(4)5)11-10-20(7)8/h16-17,19H,9-15H2,1-8H3. The van der Waals surface area contributed by atoms with Gasteiger partial charge in [0.1, 0.15) is 0 Å². The van der Waals surface area contributed by atoms with Crippen molar-refractivity contribution in [2.45, 2.75) is 48.0 Å². The van der Waals surface area contributed by atoms with Gasteiger partial charge in [0.25, 0.3) is 0 Å². The topological polar surface area (TPSA) is 18.5 Å². The van der Waals surface area contributed by atoms with Crippen LogP contribution in [0.15, 0.2) is 0 Å². The van der Waals surface area contributed by atoms with Gasteiger partial charge in [-0.3, -0.25) is 0 Å². The predicted octanol–water partition coefficient (Wildman–Crippen LogP) is 3.17. The third-order valence-electron chi connectivity index (χ3n) is 4.05. The van der Waals surface area contributed by atoms with Crippen molar-refractivity contribution < 1.29 is 0 Å². The Kier molecular flexibility index (Phi) is 10.5. The molecule has 0 saturated heterocycles. The second-order valence-electron chi connectivity index (χ2n) is 8.12. The Morgan fingerprint density at radius 2 is 1.62 bits per heavy atom. The molecule has 0 amide bonds. The molecule has 0 aliphatic rings. The first-order valence-corrected chi connectivity index (χ1v) is 8.76. The maximum Gasteiger partial charge on any atom is 0.0109 e. The van der Waals surface area contributed by atoms with Crippen molar-refractivity contribution in [3.63, 3.8) is 0 Å². The molecule has 3 nitrogen and oxygen atoms in total. The molecule has 1 N–H and O–H groups in total. The van der Waals surface area contributed by atoms with E-state index in [1.807, 2.05) is 0 Å². The lowest BCUT2D eigenvalue weighted by Crippen LogP contribution is -2.45. The van der Waals surface area contributed by atoms with Gasteiger partial charge in [-0.05, 0) is 44.3 Å². The summed E-state index contributed by atoms with van der Waals surface area (Å²) in [6.07, 6.45) is 1.23. The average Bonchev–Trinajstić information content (AvgIpc) is 2.34. The van der Waals surface area contributed by atoms with Crippen LogP contribution in [0, 0.1) is 17.3 Å². The maximum absolute atomic E-state index is 3.66. The van der Waals surface area contributed by atoms with Gasteiger partial charge in [-0.2, -0.15) is 0 Å². The molecule has 0 heterocycles. The SMILES string of the molecule is CCC(C)(CNCC(C)C)CN(CCN(C)C)CC(C)C. The zero-order valence-electron chi connectivity index (χ0n) is 16.0. The number of likely N-dealkylation sites (N-methyl/N-ethyl adjacent to an activating group) is 1. The van der Waals surface area contributed by atoms with Crippen LogP contribution in [0.2, 0.25) is 0 Å². The Morgan fingerprint density at radius 3 is 2.05 bits per heavy atom. The molecule has 0 spiro atoms. The van der Waals surface area contributed by atoms with Crippen LogP contribution in [0.4, 0.5) is 0 Å². The first kappa shape index (κ1) is 20.9. The second kappa shape index (κ2) is 10.6. The molecule has 128 valence electrons. The van der Waals surface area contributed by atoms with E-state index < -0.39 is 0 Å². The van der Waals surface area contributed by atoms with Crippen molar-refractivity contribution in [2.24, 2.45) is 17.3 Å². The van der Waals surface area contributed by atoms with E-state index in [4.69, 9.17) is 0 Å². The van der Waals surface area contributed by atoms with E-state index in [-0.39, 0.29) is 0 Å². The van der Waals surface area contributed by atoms with E-state index in [9.17, 15) is 0 Å². The minimum Gasteiger partial charge on any atom is -0.316 e. The first-order valence-electron chi connectivity index (χ1n) is 8.76. The van der Waals surface area contributed by atoms with Crippen LogP contribution < -0.4 is 5.32 Å². The lowest BCUT2D eigenvalue weighted by atomic mass is 9.86. The number of rotatable bonds is 12. The van der Waals surface area contributed by atoms with E-state index in [1.54, 1.807) is 0 Å². The molecule has 0 aromatic carbocycles. The fourth-order valence-electron chi connectivity index (χ4n) is 2.59. The lowest BCUT2D eigenvalue weighted by Gasteiger charge is -2.36. The van der Waals surface area contributed by atoms with Gasteiger partial charge < -0.3 is 15.1 Å². The van der Waals surface area contributed by atoms with Crippen LogP contribution in [0.1, 0.15) is 48.0 Å². The molecule has 0 aliphatic heterocycles. The van der Waals surface area contributed by atoms with Crippen molar-refractivity contribution >= 4 is 0 Å². The lowest BCUT2D eigenvalue weighted by molar-refractivity contribution is 0.133. The highest BCUT2D eigenvalue weighted by Gasteiger charge is 2.25. The van der Waals surface area contributed by atoms with Crippen molar-refractivity contribution in [1.29, 1.82) is 0 Å². The van der Waals surface area contributed by atoms with Gasteiger partial charge in [-0.25, -0.2) is 0 Å². The van der Waals surface area contributed by atoms with Crippen molar-refractivity contribution in [3.05, 3.63) is 0 Å². The van der Waals surface area contributed by atoms with Gasteiger partial charge in [-0.1, -0.05) is 41.5 Å². The molecule has 21 heavy (non-hydrogen) atoms. The highest BCUT2D eigenvalue weighted by atomic mass is 15.2. The molecule has 0 fully saturated rings. The Labute approximate surface area is 134 Å². The van der Waals surface area contributed by atoms with E-state index in [1.165, 1.54) is 26.1 Å². The summed E-state index contributed by atoms with van der Waals surface area (Å²) in [5.41, 5.74) is 0.371. The molecule has 0 aromatic heterocycles. The number of nitrogens with one attached hydrogen (secondary N) is 1. The summed E-state index contributed by atoms with van der Waals surface area (Å²) in [4.78, 5) is 4.94. The summed E-state index contributed by atoms with van der Waals surface area (Å²) >= 11 is 0. The fraction of sp³-hybridized carbons (Fsp3) is 1.00. The third-order valence-corrected chi connectivity index (χ3v) is 4.05. The fourth-order valence-corrected chi connectivity index (χ4v) is 2.59. The Hall–Kier alpha value is -0.120. The molecule has 0 aliphatic carbocycles. The second-order valence-corrected chi connectivity index (χ2v) is 8.12. The monoisotopic (exact) mass is 299 g/mol. The van der Waals surface area contributed by atoms with E-state index in [2.05, 4.69) is 70.8 Å². The van der Waals surface area contributed by atoms with Gasteiger partial charge in [0, 0.05) is 32.7 Å². The molecule has 3 heteroatoms.